The highest BCUT2D eigenvalue weighted by Crippen LogP contribution is 2.27. The molecule has 8 heteroatoms. The molecule has 7 nitrogen and oxygen atoms in total. The summed E-state index contributed by atoms with van der Waals surface area (Å²) in [6.07, 6.45) is 2.76. The smallest absolute Gasteiger partial charge is 0.330 e. The normalized spacial score (nSPS) is 26.4. The summed E-state index contributed by atoms with van der Waals surface area (Å²) in [7, 11) is 0. The first-order valence-corrected chi connectivity index (χ1v) is 7.34. The Kier molecular flexibility index (Phi) is 4.81. The molecular weight excluding hydrogens is 284 g/mol. The van der Waals surface area contributed by atoms with Crippen molar-refractivity contribution in [1.82, 2.24) is 9.55 Å². The minimum atomic E-state index is -0.839. The molecule has 1 saturated heterocycles. The van der Waals surface area contributed by atoms with Gasteiger partial charge in [0.05, 0.1) is 18.3 Å². The molecule has 0 spiro atoms. The largest absolute Gasteiger partial charge is 0.394 e. The number of thioether (sulfide) groups is 1. The zero-order chi connectivity index (χ0) is 14.7. The number of nitrogens with zero attached hydrogens (tertiary/aromatic N) is 1. The van der Waals surface area contributed by atoms with Gasteiger partial charge in [0.25, 0.3) is 5.56 Å². The van der Waals surface area contributed by atoms with E-state index in [1.165, 1.54) is 22.5 Å². The number of H-pyrrole nitrogens is 1. The van der Waals surface area contributed by atoms with E-state index in [1.807, 2.05) is 6.26 Å². The molecule has 1 aromatic heterocycles. The molecule has 0 amide bonds. The number of aliphatic hydroxyl groups excluding tert-OH is 2. The molecule has 20 heavy (non-hydrogen) atoms. The summed E-state index contributed by atoms with van der Waals surface area (Å²) in [5.41, 5.74) is -0.759. The third kappa shape index (κ3) is 3.04. The van der Waals surface area contributed by atoms with Crippen molar-refractivity contribution in [2.24, 2.45) is 0 Å². The van der Waals surface area contributed by atoms with Crippen molar-refractivity contribution in [3.63, 3.8) is 0 Å². The SMILES string of the molecule is CS/C=C/c1cn([C@H]2C[C@H](O)[C@@H](CO)O2)c(=O)[nH]c1=O. The maximum Gasteiger partial charge on any atom is 0.330 e. The van der Waals surface area contributed by atoms with Gasteiger partial charge < -0.3 is 14.9 Å². The molecule has 0 radical (unpaired) electrons. The molecule has 0 bridgehead atoms. The van der Waals surface area contributed by atoms with Gasteiger partial charge in [-0.25, -0.2) is 4.79 Å². The molecule has 2 rings (SSSR count). The monoisotopic (exact) mass is 300 g/mol. The Balaban J connectivity index is 2.35. The van der Waals surface area contributed by atoms with E-state index in [0.29, 0.717) is 5.56 Å². The van der Waals surface area contributed by atoms with Crippen LogP contribution in [0.1, 0.15) is 18.2 Å². The number of rotatable bonds is 4. The van der Waals surface area contributed by atoms with Crippen LogP contribution in [0.2, 0.25) is 0 Å². The molecule has 1 aliphatic heterocycles. The molecule has 1 aromatic rings. The standard InChI is InChI=1S/C12H16N2O5S/c1-20-3-2-7-5-14(12(18)13-11(7)17)10-4-8(16)9(6-15)19-10/h2-3,5,8-10,15-16H,4,6H2,1H3,(H,13,17,18)/b3-2+/t8-,9+,10+/m0/s1. The molecule has 0 unspecified atom stereocenters. The number of nitrogens with one attached hydrogen (secondary N) is 1. The number of ether oxygens (including phenoxy) is 1. The van der Waals surface area contributed by atoms with Gasteiger partial charge in [-0.2, -0.15) is 0 Å². The molecule has 3 N–H and O–H groups in total. The van der Waals surface area contributed by atoms with E-state index in [2.05, 4.69) is 4.98 Å². The van der Waals surface area contributed by atoms with E-state index in [1.54, 1.807) is 11.5 Å². The van der Waals surface area contributed by atoms with E-state index < -0.39 is 29.7 Å². The Labute approximate surface area is 118 Å². The molecule has 1 fully saturated rings. The molecule has 1 aliphatic rings. The van der Waals surface area contributed by atoms with Crippen LogP contribution < -0.4 is 11.2 Å². The van der Waals surface area contributed by atoms with Crippen LogP contribution in [0.5, 0.6) is 0 Å². The van der Waals surface area contributed by atoms with Gasteiger partial charge in [0.15, 0.2) is 0 Å². The summed E-state index contributed by atoms with van der Waals surface area (Å²) in [6.45, 7) is -0.324. The third-order valence-corrected chi connectivity index (χ3v) is 3.48. The van der Waals surface area contributed by atoms with Crippen LogP contribution in [-0.2, 0) is 4.74 Å². The first-order valence-electron chi connectivity index (χ1n) is 6.06. The predicted octanol–water partition coefficient (Wildman–Crippen LogP) is -0.489. The van der Waals surface area contributed by atoms with Crippen LogP contribution in [-0.4, -0.2) is 44.8 Å². The van der Waals surface area contributed by atoms with Crippen LogP contribution in [0, 0.1) is 0 Å². The average Bonchev–Trinajstić information content (AvgIpc) is 2.79. The molecule has 110 valence electrons. The molecule has 0 aliphatic carbocycles. The fourth-order valence-corrected chi connectivity index (χ4v) is 2.31. The van der Waals surface area contributed by atoms with Gasteiger partial charge >= 0.3 is 5.69 Å². The average molecular weight is 300 g/mol. The third-order valence-electron chi connectivity index (χ3n) is 3.07. The van der Waals surface area contributed by atoms with Crippen molar-refractivity contribution in [2.75, 3.05) is 12.9 Å². The lowest BCUT2D eigenvalue weighted by atomic mass is 10.2. The van der Waals surface area contributed by atoms with E-state index in [9.17, 15) is 14.7 Å². The Bertz CT molecular complexity index is 609. The summed E-state index contributed by atoms with van der Waals surface area (Å²) in [5.74, 6) is 0. The summed E-state index contributed by atoms with van der Waals surface area (Å²) in [5, 5.41) is 20.5. The second kappa shape index (κ2) is 6.40. The van der Waals surface area contributed by atoms with Gasteiger partial charge in [-0.3, -0.25) is 14.3 Å². The fourth-order valence-electron chi connectivity index (χ4n) is 2.03. The van der Waals surface area contributed by atoms with Crippen molar-refractivity contribution in [1.29, 1.82) is 0 Å². The van der Waals surface area contributed by atoms with Gasteiger partial charge in [-0.15, -0.1) is 11.8 Å². The summed E-state index contributed by atoms with van der Waals surface area (Å²) in [4.78, 5) is 25.7. The summed E-state index contributed by atoms with van der Waals surface area (Å²) >= 11 is 1.43. The quantitative estimate of drug-likeness (QED) is 0.693. The van der Waals surface area contributed by atoms with E-state index >= 15 is 0 Å². The van der Waals surface area contributed by atoms with Crippen LogP contribution in [0.3, 0.4) is 0 Å². The highest BCUT2D eigenvalue weighted by atomic mass is 32.2. The van der Waals surface area contributed by atoms with Gasteiger partial charge in [0.1, 0.15) is 12.3 Å². The van der Waals surface area contributed by atoms with Gasteiger partial charge in [0.2, 0.25) is 0 Å². The van der Waals surface area contributed by atoms with Crippen molar-refractivity contribution < 1.29 is 14.9 Å². The van der Waals surface area contributed by atoms with Crippen LogP contribution in [0.15, 0.2) is 21.2 Å². The Hall–Kier alpha value is -1.35. The molecule has 2 heterocycles. The Morgan fingerprint density at radius 2 is 2.35 bits per heavy atom. The van der Waals surface area contributed by atoms with Crippen molar-refractivity contribution in [3.8, 4) is 0 Å². The van der Waals surface area contributed by atoms with E-state index in [0.717, 1.165) is 0 Å². The van der Waals surface area contributed by atoms with Gasteiger partial charge in [-0.1, -0.05) is 0 Å². The molecule has 3 atom stereocenters. The lowest BCUT2D eigenvalue weighted by molar-refractivity contribution is -0.0459. The second-order valence-corrected chi connectivity index (χ2v) is 5.15. The highest BCUT2D eigenvalue weighted by molar-refractivity contribution is 8.01. The fraction of sp³-hybridized carbons (Fsp3) is 0.500. The first-order chi connectivity index (χ1) is 9.56. The molecule has 0 saturated carbocycles. The predicted molar refractivity (Wildman–Crippen MR) is 75.5 cm³/mol. The number of aromatic amines is 1. The van der Waals surface area contributed by atoms with Crippen molar-refractivity contribution >= 4 is 17.8 Å². The zero-order valence-electron chi connectivity index (χ0n) is 10.9. The van der Waals surface area contributed by atoms with Crippen LogP contribution in [0.25, 0.3) is 6.08 Å². The Morgan fingerprint density at radius 3 is 2.95 bits per heavy atom. The minimum Gasteiger partial charge on any atom is -0.394 e. The van der Waals surface area contributed by atoms with E-state index in [4.69, 9.17) is 9.84 Å². The second-order valence-electron chi connectivity index (χ2n) is 4.40. The maximum atomic E-state index is 11.8. The minimum absolute atomic E-state index is 0.183. The number of hydrogen-bond acceptors (Lipinski definition) is 6. The topological polar surface area (TPSA) is 105 Å². The summed E-state index contributed by atoms with van der Waals surface area (Å²) < 4.78 is 6.62. The van der Waals surface area contributed by atoms with Crippen molar-refractivity contribution in [2.45, 2.75) is 24.9 Å². The van der Waals surface area contributed by atoms with Crippen LogP contribution in [0.4, 0.5) is 0 Å². The maximum absolute atomic E-state index is 11.8. The number of hydrogen-bond donors (Lipinski definition) is 3. The summed E-state index contributed by atoms with van der Waals surface area (Å²) in [6, 6.07) is 0. The number of aliphatic hydroxyl groups is 2. The van der Waals surface area contributed by atoms with Crippen LogP contribution >= 0.6 is 11.8 Å². The molecular formula is C12H16N2O5S. The lowest BCUT2D eigenvalue weighted by Gasteiger charge is -2.14. The van der Waals surface area contributed by atoms with E-state index in [-0.39, 0.29) is 13.0 Å². The molecule has 0 aromatic carbocycles. The zero-order valence-corrected chi connectivity index (χ0v) is 11.7. The Morgan fingerprint density at radius 1 is 1.60 bits per heavy atom. The first kappa shape index (κ1) is 15.0. The lowest BCUT2D eigenvalue weighted by Crippen LogP contribution is -2.33. The van der Waals surface area contributed by atoms with Crippen molar-refractivity contribution in [3.05, 3.63) is 38.0 Å². The highest BCUT2D eigenvalue weighted by Gasteiger charge is 2.35. The van der Waals surface area contributed by atoms with Gasteiger partial charge in [-0.05, 0) is 17.7 Å². The van der Waals surface area contributed by atoms with Gasteiger partial charge in [0, 0.05) is 12.6 Å². The number of aromatic nitrogens is 2.